The second-order valence-electron chi connectivity index (χ2n) is 5.08. The third kappa shape index (κ3) is 3.13. The molecule has 1 atom stereocenters. The molecule has 1 aliphatic heterocycles. The molecule has 0 aliphatic carbocycles. The van der Waals surface area contributed by atoms with Crippen LogP contribution < -0.4 is 14.8 Å². The van der Waals surface area contributed by atoms with Gasteiger partial charge in [-0.3, -0.25) is 4.79 Å². The summed E-state index contributed by atoms with van der Waals surface area (Å²) >= 11 is 4.76. The van der Waals surface area contributed by atoms with E-state index in [1.165, 1.54) is 11.3 Å². The molecule has 116 valence electrons. The van der Waals surface area contributed by atoms with Gasteiger partial charge in [-0.2, -0.15) is 0 Å². The topological polar surface area (TPSA) is 47.6 Å². The van der Waals surface area contributed by atoms with Crippen LogP contribution >= 0.6 is 27.3 Å². The number of carbonyl (C=O) groups excluding carboxylic acids is 1. The largest absolute Gasteiger partial charge is 0.492 e. The average Bonchev–Trinajstić information content (AvgIpc) is 3.04. The lowest BCUT2D eigenvalue weighted by Crippen LogP contribution is -2.11. The van der Waals surface area contributed by atoms with Crippen LogP contribution in [0.4, 0.5) is 5.69 Å². The summed E-state index contributed by atoms with van der Waals surface area (Å²) in [7, 11) is 0. The number of carbonyl (C=O) groups is 1. The van der Waals surface area contributed by atoms with Crippen molar-refractivity contribution in [3.8, 4) is 11.5 Å². The van der Waals surface area contributed by atoms with Gasteiger partial charge in [0.25, 0.3) is 5.91 Å². The molecular weight excluding hydrogens is 366 g/mol. The maximum absolute atomic E-state index is 12.3. The molecule has 1 N–H and O–H groups in total. The molecule has 2 heterocycles. The van der Waals surface area contributed by atoms with Crippen molar-refractivity contribution in [2.75, 3.05) is 11.9 Å². The minimum absolute atomic E-state index is 0.150. The van der Waals surface area contributed by atoms with E-state index in [-0.39, 0.29) is 12.0 Å². The normalized spacial score (nSPS) is 16.0. The first-order valence-electron chi connectivity index (χ1n) is 7.10. The Bertz CT molecular complexity index is 713. The van der Waals surface area contributed by atoms with Crippen LogP contribution in [0, 0.1) is 0 Å². The second kappa shape index (κ2) is 6.30. The molecule has 2 aromatic rings. The Morgan fingerprint density at radius 1 is 1.50 bits per heavy atom. The summed E-state index contributed by atoms with van der Waals surface area (Å²) in [5.74, 6) is 1.35. The lowest BCUT2D eigenvalue weighted by atomic mass is 10.1. The van der Waals surface area contributed by atoms with Crippen molar-refractivity contribution < 1.29 is 14.3 Å². The molecule has 0 radical (unpaired) electrons. The van der Waals surface area contributed by atoms with Gasteiger partial charge in [-0.1, -0.05) is 0 Å². The van der Waals surface area contributed by atoms with E-state index in [2.05, 4.69) is 21.2 Å². The van der Waals surface area contributed by atoms with Crippen molar-refractivity contribution in [1.29, 1.82) is 0 Å². The quantitative estimate of drug-likeness (QED) is 0.848. The van der Waals surface area contributed by atoms with E-state index in [1.54, 1.807) is 6.07 Å². The number of anilines is 1. The van der Waals surface area contributed by atoms with Gasteiger partial charge in [0, 0.05) is 18.1 Å². The number of halogens is 1. The lowest BCUT2D eigenvalue weighted by molar-refractivity contribution is 0.103. The molecule has 1 amide bonds. The first kappa shape index (κ1) is 15.4. The number of amides is 1. The van der Waals surface area contributed by atoms with Crippen molar-refractivity contribution in [3.63, 3.8) is 0 Å². The monoisotopic (exact) mass is 381 g/mol. The number of nitrogens with one attached hydrogen (secondary N) is 1. The molecule has 0 spiro atoms. The highest BCUT2D eigenvalue weighted by atomic mass is 79.9. The molecule has 4 nitrogen and oxygen atoms in total. The van der Waals surface area contributed by atoms with Crippen LogP contribution in [0.3, 0.4) is 0 Å². The van der Waals surface area contributed by atoms with Gasteiger partial charge >= 0.3 is 0 Å². The molecule has 0 fully saturated rings. The number of hydrogen-bond acceptors (Lipinski definition) is 4. The molecule has 22 heavy (non-hydrogen) atoms. The second-order valence-corrected chi connectivity index (χ2v) is 7.54. The summed E-state index contributed by atoms with van der Waals surface area (Å²) in [4.78, 5) is 13.0. The van der Waals surface area contributed by atoms with Gasteiger partial charge in [0.1, 0.15) is 17.6 Å². The molecule has 0 unspecified atom stereocenters. The zero-order valence-corrected chi connectivity index (χ0v) is 14.7. The van der Waals surface area contributed by atoms with Gasteiger partial charge in [0.15, 0.2) is 0 Å². The number of hydrogen-bond donors (Lipinski definition) is 1. The van der Waals surface area contributed by atoms with E-state index in [0.29, 0.717) is 22.9 Å². The van der Waals surface area contributed by atoms with Gasteiger partial charge in [0.05, 0.1) is 21.0 Å². The van der Waals surface area contributed by atoms with Crippen LogP contribution in [0.5, 0.6) is 11.5 Å². The van der Waals surface area contributed by atoms with E-state index in [9.17, 15) is 4.79 Å². The maximum atomic E-state index is 12.3. The van der Waals surface area contributed by atoms with Crippen LogP contribution in [0.15, 0.2) is 28.1 Å². The maximum Gasteiger partial charge on any atom is 0.265 e. The van der Waals surface area contributed by atoms with E-state index in [4.69, 9.17) is 9.47 Å². The molecule has 0 bridgehead atoms. The van der Waals surface area contributed by atoms with Crippen LogP contribution in [0.1, 0.15) is 29.1 Å². The van der Waals surface area contributed by atoms with Crippen LogP contribution in [-0.2, 0) is 6.42 Å². The summed E-state index contributed by atoms with van der Waals surface area (Å²) in [6, 6.07) is 7.46. The minimum atomic E-state index is -0.150. The van der Waals surface area contributed by atoms with Crippen molar-refractivity contribution in [2.45, 2.75) is 26.4 Å². The third-order valence-corrected chi connectivity index (χ3v) is 4.97. The van der Waals surface area contributed by atoms with Crippen LogP contribution in [0.2, 0.25) is 0 Å². The molecule has 1 aliphatic rings. The Kier molecular flexibility index (Phi) is 4.40. The predicted octanol–water partition coefficient (Wildman–Crippen LogP) is 4.49. The van der Waals surface area contributed by atoms with Gasteiger partial charge in [0.2, 0.25) is 0 Å². The third-order valence-electron chi connectivity index (χ3n) is 3.34. The van der Waals surface area contributed by atoms with Gasteiger partial charge in [-0.15, -0.1) is 11.3 Å². The Hall–Kier alpha value is -1.53. The molecule has 1 aromatic carbocycles. The summed E-state index contributed by atoms with van der Waals surface area (Å²) in [5.41, 5.74) is 1.76. The predicted molar refractivity (Wildman–Crippen MR) is 91.4 cm³/mol. The summed E-state index contributed by atoms with van der Waals surface area (Å²) in [6.07, 6.45) is 1.02. The number of benzene rings is 1. The molecule has 3 rings (SSSR count). The van der Waals surface area contributed by atoms with Crippen LogP contribution in [0.25, 0.3) is 0 Å². The molecular formula is C16H16BrNO3S. The van der Waals surface area contributed by atoms with Gasteiger partial charge in [-0.25, -0.2) is 0 Å². The lowest BCUT2D eigenvalue weighted by Gasteiger charge is -2.13. The highest BCUT2D eigenvalue weighted by Gasteiger charge is 2.23. The van der Waals surface area contributed by atoms with Crippen molar-refractivity contribution in [1.82, 2.24) is 0 Å². The first-order valence-corrected chi connectivity index (χ1v) is 8.71. The standard InChI is InChI=1S/C16H16BrNO3S/c1-3-20-13-7-10-6-9(2)21-12(10)8-11(13)18-16(19)14-4-5-15(17)22-14/h4-5,7-9H,3,6H2,1-2H3,(H,18,19)/t9-/m0/s1. The van der Waals surface area contributed by atoms with Crippen molar-refractivity contribution >= 4 is 38.9 Å². The number of fused-ring (bicyclic) bond motifs is 1. The summed E-state index contributed by atoms with van der Waals surface area (Å²) in [6.45, 7) is 4.50. The number of rotatable bonds is 4. The summed E-state index contributed by atoms with van der Waals surface area (Å²) < 4.78 is 12.3. The van der Waals surface area contributed by atoms with Gasteiger partial charge < -0.3 is 14.8 Å². The van der Waals surface area contributed by atoms with Gasteiger partial charge in [-0.05, 0) is 48.0 Å². The van der Waals surface area contributed by atoms with E-state index in [1.807, 2.05) is 32.0 Å². The molecule has 1 aromatic heterocycles. The molecule has 0 saturated heterocycles. The molecule has 0 saturated carbocycles. The minimum Gasteiger partial charge on any atom is -0.492 e. The molecule has 6 heteroatoms. The Morgan fingerprint density at radius 2 is 2.32 bits per heavy atom. The number of ether oxygens (including phenoxy) is 2. The van der Waals surface area contributed by atoms with Crippen molar-refractivity contribution in [2.24, 2.45) is 0 Å². The average molecular weight is 382 g/mol. The van der Waals surface area contributed by atoms with E-state index in [0.717, 1.165) is 21.5 Å². The number of thiophene rings is 1. The fourth-order valence-electron chi connectivity index (χ4n) is 2.43. The van der Waals surface area contributed by atoms with Crippen molar-refractivity contribution in [3.05, 3.63) is 38.5 Å². The zero-order valence-electron chi connectivity index (χ0n) is 12.3. The summed E-state index contributed by atoms with van der Waals surface area (Å²) in [5, 5.41) is 2.92. The Labute approximate surface area is 141 Å². The smallest absolute Gasteiger partial charge is 0.265 e. The van der Waals surface area contributed by atoms with Crippen LogP contribution in [-0.4, -0.2) is 18.6 Å². The van der Waals surface area contributed by atoms with E-state index >= 15 is 0 Å². The Morgan fingerprint density at radius 3 is 3.00 bits per heavy atom. The highest BCUT2D eigenvalue weighted by Crippen LogP contribution is 2.38. The highest BCUT2D eigenvalue weighted by molar-refractivity contribution is 9.11. The van der Waals surface area contributed by atoms with E-state index < -0.39 is 0 Å². The fraction of sp³-hybridized carbons (Fsp3) is 0.312. The first-order chi connectivity index (χ1) is 10.6. The Balaban J connectivity index is 1.89. The zero-order chi connectivity index (χ0) is 15.7. The fourth-order valence-corrected chi connectivity index (χ4v) is 3.71. The SMILES string of the molecule is CCOc1cc2c(cc1NC(=O)c1ccc(Br)s1)O[C@@H](C)C2.